The third-order valence-corrected chi connectivity index (χ3v) is 19.9. The first kappa shape index (κ1) is 96.9. The van der Waals surface area contributed by atoms with Crippen molar-refractivity contribution in [1.29, 1.82) is 0 Å². The molecule has 5 aliphatic rings. The highest BCUT2D eigenvalue weighted by Gasteiger charge is 2.41. The highest BCUT2D eigenvalue weighted by molar-refractivity contribution is 9.10. The molecule has 0 bridgehead atoms. The van der Waals surface area contributed by atoms with Crippen molar-refractivity contribution in [3.8, 4) is 22.3 Å². The molecule has 0 aromatic heterocycles. The molecule has 123 heavy (non-hydrogen) atoms. The smallest absolute Gasteiger partial charge is 0.425 e. The van der Waals surface area contributed by atoms with Crippen LogP contribution in [0, 0.1) is 0 Å². The third kappa shape index (κ3) is 27.7. The van der Waals surface area contributed by atoms with Crippen LogP contribution in [0.5, 0.6) is 0 Å². The van der Waals surface area contributed by atoms with Gasteiger partial charge in [0.2, 0.25) is 17.7 Å². The molecule has 0 aliphatic carbocycles. The highest BCUT2D eigenvalue weighted by Crippen LogP contribution is 2.40. The molecule has 5 aromatic rings. The lowest BCUT2D eigenvalue weighted by atomic mass is 9.98. The molecule has 12 amide bonds. The van der Waals surface area contributed by atoms with Gasteiger partial charge in [-0.15, -0.1) is 0 Å². The molecule has 5 heterocycles. The molecule has 0 saturated carbocycles. The van der Waals surface area contributed by atoms with E-state index in [1.807, 2.05) is 54.8 Å². The van der Waals surface area contributed by atoms with Crippen LogP contribution in [-0.2, 0) is 47.7 Å². The number of fused-ring (bicyclic) bond motifs is 3. The fraction of sp³-hybridized carbons (Fsp3) is 0.433. The number of aliphatic imine (C=N–C) groups is 3. The van der Waals surface area contributed by atoms with Crippen LogP contribution in [0.4, 0.5) is 36.2 Å². The lowest BCUT2D eigenvalue weighted by Crippen LogP contribution is -2.47. The number of likely N-dealkylation sites (tertiary alicyclic amines) is 2. The van der Waals surface area contributed by atoms with Gasteiger partial charge in [0.25, 0.3) is 29.5 Å². The SMILES string of the molecule is CCCN(CC(N)=O)C(=O)C1=Cc2cc(-c3ccc(C(=O)N4CCCC4)cc3Cl)ccc2N=C(N(C(=O)OC(C)(C)C)C(=O)OC(C)(C)C)C1.CCCN(CC(N)=O)C(=O)C1=Cc2cc(-c3ccc(C(=O)N4CCCC4)cc3Cl)ccc2N=C(N)C1.CCCN(CC(N)=O)C(=O)C1=Cc2cc(Br)ccc2N=C(N(C(=O)OC(C)(C)C)C(=O)OC(C)(C)C)C1. The maximum absolute atomic E-state index is 14.1. The average molecular weight is 1800 g/mol. The summed E-state index contributed by atoms with van der Waals surface area (Å²) >= 11 is 16.8. The number of nitrogens with zero attached hydrogens (tertiary/aromatic N) is 10. The molecular weight excluding hydrogens is 1680 g/mol. The van der Waals surface area contributed by atoms with Crippen molar-refractivity contribution in [1.82, 2.24) is 34.3 Å². The van der Waals surface area contributed by atoms with Crippen molar-refractivity contribution in [2.75, 3.05) is 65.4 Å². The number of amides is 12. The second-order valence-electron chi connectivity index (χ2n) is 34.0. The fourth-order valence-corrected chi connectivity index (χ4v) is 14.6. The Morgan fingerprint density at radius 1 is 0.415 bits per heavy atom. The molecule has 0 spiro atoms. The van der Waals surface area contributed by atoms with Crippen LogP contribution in [0.2, 0.25) is 10.0 Å². The van der Waals surface area contributed by atoms with Gasteiger partial charge >= 0.3 is 24.4 Å². The molecule has 0 unspecified atom stereocenters. The summed E-state index contributed by atoms with van der Waals surface area (Å²) in [4.78, 5) is 178. The van der Waals surface area contributed by atoms with E-state index in [4.69, 9.17) is 70.1 Å². The van der Waals surface area contributed by atoms with Crippen molar-refractivity contribution < 1.29 is 76.5 Å². The van der Waals surface area contributed by atoms with E-state index in [0.717, 1.165) is 54.4 Å². The number of rotatable bonds is 19. The summed E-state index contributed by atoms with van der Waals surface area (Å²) in [5.74, 6) is -3.14. The minimum absolute atomic E-state index is 0.00799. The maximum Gasteiger partial charge on any atom is 0.425 e. The van der Waals surface area contributed by atoms with Crippen LogP contribution in [0.25, 0.3) is 40.5 Å². The predicted molar refractivity (Wildman–Crippen MR) is 478 cm³/mol. The van der Waals surface area contributed by atoms with Crippen molar-refractivity contribution in [2.24, 2.45) is 37.9 Å². The topological polar surface area (TPSA) is 406 Å². The zero-order valence-electron chi connectivity index (χ0n) is 72.5. The Kier molecular flexibility index (Phi) is 33.1. The molecule has 30 nitrogen and oxygen atoms in total. The van der Waals surface area contributed by atoms with Crippen molar-refractivity contribution in [3.05, 3.63) is 150 Å². The third-order valence-electron chi connectivity index (χ3n) is 18.7. The van der Waals surface area contributed by atoms with E-state index < -0.39 is 76.3 Å². The molecule has 10 rings (SSSR count). The highest BCUT2D eigenvalue weighted by atomic mass is 79.9. The summed E-state index contributed by atoms with van der Waals surface area (Å²) in [6.07, 6.45) is 6.45. The van der Waals surface area contributed by atoms with Gasteiger partial charge in [-0.1, -0.05) is 84.2 Å². The minimum Gasteiger partial charge on any atom is -0.443 e. The van der Waals surface area contributed by atoms with E-state index in [2.05, 4.69) is 25.9 Å². The van der Waals surface area contributed by atoms with Gasteiger partial charge in [-0.3, -0.25) is 38.4 Å². The van der Waals surface area contributed by atoms with Crippen LogP contribution >= 0.6 is 39.1 Å². The number of ether oxygens (including phenoxy) is 4. The number of hydrogen-bond acceptors (Lipinski definition) is 20. The molecule has 2 fully saturated rings. The number of hydrogen-bond donors (Lipinski definition) is 4. The number of primary amides is 3. The number of carbonyl (C=O) groups excluding carboxylic acids is 12. The van der Waals surface area contributed by atoms with Gasteiger partial charge in [-0.2, -0.15) is 9.80 Å². The van der Waals surface area contributed by atoms with Gasteiger partial charge in [0.05, 0.1) is 36.7 Å². The number of carbonyl (C=O) groups is 12. The number of amidine groups is 3. The minimum atomic E-state index is -1.03. The molecule has 0 atom stereocenters. The summed E-state index contributed by atoms with van der Waals surface area (Å²) in [6, 6.07) is 26.5. The van der Waals surface area contributed by atoms with Crippen LogP contribution < -0.4 is 22.9 Å². The van der Waals surface area contributed by atoms with Crippen molar-refractivity contribution in [2.45, 2.75) is 190 Å². The van der Waals surface area contributed by atoms with E-state index in [-0.39, 0.29) is 86.0 Å². The summed E-state index contributed by atoms with van der Waals surface area (Å²) in [5.41, 5.74) is 26.5. The second-order valence-corrected chi connectivity index (χ2v) is 35.7. The van der Waals surface area contributed by atoms with E-state index in [1.54, 1.807) is 168 Å². The lowest BCUT2D eigenvalue weighted by molar-refractivity contribution is -0.132. The Morgan fingerprint density at radius 2 is 0.715 bits per heavy atom. The fourth-order valence-electron chi connectivity index (χ4n) is 13.6. The standard InChI is InChI=1S/C37H46ClN5O7.C27H30ClN5O3.C26H35BrN4O6/c1-8-15-42(22-30(39)44)33(46)26-19-25-18-23(27-13-11-24(20-28(27)38)32(45)41-16-9-10-17-41)12-14-29(25)40-31(21-26)43(34(47)49-36(2,3)4)35(48)50-37(5,6)7;1-2-9-33(16-25(30)34)27(36)20-13-19-12-17(6-8-23(19)31-24(29)15-20)21-7-5-18(14-22(21)28)26(35)32-10-3-4-11-32;1-8-11-30(15-20(28)32)22(33)17-12-16-13-18(27)9-10-19(16)29-21(14-17)31(23(34)36-25(2,3)4)24(35)37-26(5,6)7/h11-14,18-20H,8-10,15-17,21-22H2,1-7H3,(H2,39,44);5-8,12-14H,2-4,9-11,15-16H2,1H3,(H2,29,31)(H2,30,34);9-10,12-13H,8,11,14-15H2,1-7H3,(H2,28,32). The van der Waals surface area contributed by atoms with Gasteiger partial charge < -0.3 is 66.4 Å². The zero-order chi connectivity index (χ0) is 90.9. The number of nitrogens with two attached hydrogens (primary N) is 4. The van der Waals surface area contributed by atoms with E-state index in [1.165, 1.54) is 14.7 Å². The molecule has 2 saturated heterocycles. The molecule has 658 valence electrons. The molecule has 5 aromatic carbocycles. The molecule has 33 heteroatoms. The predicted octanol–water partition coefficient (Wildman–Crippen LogP) is 15.9. The number of halogens is 3. The van der Waals surface area contributed by atoms with Gasteiger partial charge in [0.15, 0.2) is 0 Å². The summed E-state index contributed by atoms with van der Waals surface area (Å²) in [6.45, 7) is 28.7. The first-order chi connectivity index (χ1) is 57.6. The van der Waals surface area contributed by atoms with E-state index in [9.17, 15) is 57.5 Å². The van der Waals surface area contributed by atoms with Crippen LogP contribution in [0.15, 0.2) is 127 Å². The first-order valence-electron chi connectivity index (χ1n) is 40.7. The molecule has 5 aliphatic heterocycles. The van der Waals surface area contributed by atoms with Crippen molar-refractivity contribution in [3.63, 3.8) is 0 Å². The second kappa shape index (κ2) is 42.0. The van der Waals surface area contributed by atoms with Gasteiger partial charge in [0, 0.05) is 135 Å². The molecular formula is C90H111BrCl2N14O16. The van der Waals surface area contributed by atoms with Crippen LogP contribution in [-0.4, -0.2) is 211 Å². The Balaban J connectivity index is 0.000000233. The normalized spacial score (nSPS) is 14.3. The Hall–Kier alpha value is -11.6. The summed E-state index contributed by atoms with van der Waals surface area (Å²) < 4.78 is 22.9. The summed E-state index contributed by atoms with van der Waals surface area (Å²) in [7, 11) is 0. The summed E-state index contributed by atoms with van der Waals surface area (Å²) in [5, 5.41) is 0.831. The largest absolute Gasteiger partial charge is 0.443 e. The van der Waals surface area contributed by atoms with Crippen molar-refractivity contribution >= 4 is 164 Å². The van der Waals surface area contributed by atoms with Crippen LogP contribution in [0.3, 0.4) is 0 Å². The Bertz CT molecular complexity index is 5060. The molecule has 0 radical (unpaired) electrons. The maximum atomic E-state index is 14.1. The van der Waals surface area contributed by atoms with E-state index >= 15 is 0 Å². The Morgan fingerprint density at radius 3 is 1.02 bits per heavy atom. The van der Waals surface area contributed by atoms with E-state index in [0.29, 0.717) is 133 Å². The first-order valence-corrected chi connectivity index (χ1v) is 42.3. The lowest BCUT2D eigenvalue weighted by Gasteiger charge is -2.29. The zero-order valence-corrected chi connectivity index (χ0v) is 75.6. The van der Waals surface area contributed by atoms with Gasteiger partial charge in [-0.05, 0) is 224 Å². The van der Waals surface area contributed by atoms with Crippen LogP contribution in [0.1, 0.15) is 205 Å². The number of imide groups is 2. The van der Waals surface area contributed by atoms with Gasteiger partial charge in [0.1, 0.15) is 39.9 Å². The van der Waals surface area contributed by atoms with Gasteiger partial charge in [-0.25, -0.2) is 34.2 Å². The quantitative estimate of drug-likeness (QED) is 0.0558. The molecule has 8 N–H and O–H groups in total. The average Bonchev–Trinajstić information content (AvgIpc) is 1.54. The number of benzene rings is 5. The Labute approximate surface area is 736 Å². The monoisotopic (exact) mass is 1790 g/mol.